The molecule has 1 amide bonds. The molecule has 9 heteroatoms. The molecule has 0 saturated carbocycles. The SMILES string of the molecule is COc1ccc2nc(NC(=O)Cn3c(C)nc4ccc(O)cc4c3=O)sc2c1. The summed E-state index contributed by atoms with van der Waals surface area (Å²) < 4.78 is 7.34. The van der Waals surface area contributed by atoms with Crippen molar-refractivity contribution in [2.45, 2.75) is 13.5 Å². The predicted octanol–water partition coefficient (Wildman–Crippen LogP) is 2.67. The molecule has 28 heavy (non-hydrogen) atoms. The smallest absolute Gasteiger partial charge is 0.261 e. The lowest BCUT2D eigenvalue weighted by Crippen LogP contribution is -2.30. The Hall–Kier alpha value is -3.46. The summed E-state index contributed by atoms with van der Waals surface area (Å²) in [6.45, 7) is 1.45. The Bertz CT molecular complexity index is 1280. The number of amides is 1. The van der Waals surface area contributed by atoms with E-state index < -0.39 is 5.91 Å². The van der Waals surface area contributed by atoms with Gasteiger partial charge in [0.25, 0.3) is 5.56 Å². The van der Waals surface area contributed by atoms with Gasteiger partial charge in [-0.05, 0) is 43.3 Å². The van der Waals surface area contributed by atoms with E-state index in [1.807, 2.05) is 12.1 Å². The van der Waals surface area contributed by atoms with Crippen molar-refractivity contribution in [2.75, 3.05) is 12.4 Å². The fourth-order valence-electron chi connectivity index (χ4n) is 2.89. The number of thiazole rings is 1. The number of aryl methyl sites for hydroxylation is 1. The van der Waals surface area contributed by atoms with Gasteiger partial charge >= 0.3 is 0 Å². The van der Waals surface area contributed by atoms with Crippen LogP contribution in [-0.2, 0) is 11.3 Å². The molecular formula is C19H16N4O4S. The first-order valence-electron chi connectivity index (χ1n) is 8.39. The summed E-state index contributed by atoms with van der Waals surface area (Å²) >= 11 is 1.32. The van der Waals surface area contributed by atoms with Gasteiger partial charge in [-0.3, -0.25) is 14.2 Å². The molecule has 0 saturated heterocycles. The summed E-state index contributed by atoms with van der Waals surface area (Å²) in [6, 6.07) is 9.84. The van der Waals surface area contributed by atoms with Crippen LogP contribution in [0, 0.1) is 6.92 Å². The molecule has 0 unspecified atom stereocenters. The first kappa shape index (κ1) is 17.9. The highest BCUT2D eigenvalue weighted by molar-refractivity contribution is 7.22. The van der Waals surface area contributed by atoms with Gasteiger partial charge in [0.05, 0.1) is 28.2 Å². The van der Waals surface area contributed by atoms with Crippen molar-refractivity contribution in [3.8, 4) is 11.5 Å². The zero-order valence-corrected chi connectivity index (χ0v) is 15.9. The van der Waals surface area contributed by atoms with Gasteiger partial charge in [-0.1, -0.05) is 11.3 Å². The van der Waals surface area contributed by atoms with E-state index in [4.69, 9.17) is 4.74 Å². The Morgan fingerprint density at radius 2 is 2.00 bits per heavy atom. The number of phenols is 1. The summed E-state index contributed by atoms with van der Waals surface area (Å²) in [4.78, 5) is 33.9. The number of phenolic OH excluding ortho intramolecular Hbond substituents is 1. The van der Waals surface area contributed by atoms with E-state index in [0.29, 0.717) is 22.2 Å². The molecule has 2 heterocycles. The van der Waals surface area contributed by atoms with E-state index in [9.17, 15) is 14.7 Å². The van der Waals surface area contributed by atoms with Crippen LogP contribution in [0.4, 0.5) is 5.13 Å². The van der Waals surface area contributed by atoms with Gasteiger partial charge in [0.1, 0.15) is 23.9 Å². The molecular weight excluding hydrogens is 380 g/mol. The van der Waals surface area contributed by atoms with E-state index in [2.05, 4.69) is 15.3 Å². The third kappa shape index (κ3) is 3.27. The van der Waals surface area contributed by atoms with Crippen LogP contribution >= 0.6 is 11.3 Å². The number of rotatable bonds is 4. The number of nitrogens with one attached hydrogen (secondary N) is 1. The molecule has 0 spiro atoms. The van der Waals surface area contributed by atoms with Crippen LogP contribution in [0.1, 0.15) is 5.82 Å². The van der Waals surface area contributed by atoms with E-state index in [0.717, 1.165) is 10.2 Å². The second kappa shape index (κ2) is 6.93. The number of carbonyl (C=O) groups is 1. The van der Waals surface area contributed by atoms with Crippen molar-refractivity contribution in [1.29, 1.82) is 0 Å². The predicted molar refractivity (Wildman–Crippen MR) is 107 cm³/mol. The normalized spacial score (nSPS) is 11.1. The van der Waals surface area contributed by atoms with E-state index in [1.54, 1.807) is 26.2 Å². The van der Waals surface area contributed by atoms with Crippen molar-refractivity contribution >= 4 is 43.5 Å². The van der Waals surface area contributed by atoms with Crippen LogP contribution in [0.15, 0.2) is 41.2 Å². The van der Waals surface area contributed by atoms with Crippen LogP contribution < -0.4 is 15.6 Å². The summed E-state index contributed by atoms with van der Waals surface area (Å²) in [6.07, 6.45) is 0. The minimum absolute atomic E-state index is 0.0313. The Morgan fingerprint density at radius 3 is 2.79 bits per heavy atom. The quantitative estimate of drug-likeness (QED) is 0.549. The van der Waals surface area contributed by atoms with E-state index in [1.165, 1.54) is 28.0 Å². The van der Waals surface area contributed by atoms with Crippen molar-refractivity contribution in [3.05, 3.63) is 52.6 Å². The topological polar surface area (TPSA) is 106 Å². The number of anilines is 1. The molecule has 0 radical (unpaired) electrons. The van der Waals surface area contributed by atoms with Gasteiger partial charge in [0.15, 0.2) is 5.13 Å². The number of fused-ring (bicyclic) bond motifs is 2. The monoisotopic (exact) mass is 396 g/mol. The Balaban J connectivity index is 1.61. The highest BCUT2D eigenvalue weighted by atomic mass is 32.1. The standard InChI is InChI=1S/C19H16N4O4S/c1-10-20-14-5-3-11(24)7-13(14)18(26)23(10)9-17(25)22-19-21-15-6-4-12(27-2)8-16(15)28-19/h3-8,24H,9H2,1-2H3,(H,21,22,25). The maximum absolute atomic E-state index is 12.7. The summed E-state index contributed by atoms with van der Waals surface area (Å²) in [5.74, 6) is 0.697. The molecule has 0 fully saturated rings. The van der Waals surface area contributed by atoms with Gasteiger partial charge in [0.2, 0.25) is 5.91 Å². The van der Waals surface area contributed by atoms with Crippen LogP contribution in [-0.4, -0.2) is 32.7 Å². The number of benzene rings is 2. The lowest BCUT2D eigenvalue weighted by atomic mass is 10.2. The maximum Gasteiger partial charge on any atom is 0.261 e. The molecule has 0 aliphatic carbocycles. The van der Waals surface area contributed by atoms with E-state index >= 15 is 0 Å². The lowest BCUT2D eigenvalue weighted by molar-refractivity contribution is -0.116. The molecule has 0 aliphatic heterocycles. The van der Waals surface area contributed by atoms with Crippen molar-refractivity contribution in [1.82, 2.24) is 14.5 Å². The van der Waals surface area contributed by atoms with Gasteiger partial charge < -0.3 is 15.2 Å². The van der Waals surface area contributed by atoms with Crippen LogP contribution in [0.3, 0.4) is 0 Å². The summed E-state index contributed by atoms with van der Waals surface area (Å²) in [7, 11) is 1.59. The van der Waals surface area contributed by atoms with Crippen LogP contribution in [0.5, 0.6) is 11.5 Å². The molecule has 2 aromatic carbocycles. The molecule has 2 N–H and O–H groups in total. The highest BCUT2D eigenvalue weighted by Crippen LogP contribution is 2.29. The van der Waals surface area contributed by atoms with Crippen LogP contribution in [0.2, 0.25) is 0 Å². The number of aromatic hydroxyl groups is 1. The van der Waals surface area contributed by atoms with Crippen LogP contribution in [0.25, 0.3) is 21.1 Å². The van der Waals surface area contributed by atoms with Gasteiger partial charge in [0, 0.05) is 0 Å². The second-order valence-corrected chi connectivity index (χ2v) is 7.18. The second-order valence-electron chi connectivity index (χ2n) is 6.15. The average Bonchev–Trinajstić information content (AvgIpc) is 3.07. The van der Waals surface area contributed by atoms with Gasteiger partial charge in [-0.15, -0.1) is 0 Å². The number of hydrogen-bond acceptors (Lipinski definition) is 7. The Kier molecular flexibility index (Phi) is 4.44. The number of nitrogens with zero attached hydrogens (tertiary/aromatic N) is 3. The number of methoxy groups -OCH3 is 1. The zero-order chi connectivity index (χ0) is 19.8. The largest absolute Gasteiger partial charge is 0.508 e. The summed E-state index contributed by atoms with van der Waals surface area (Å²) in [5, 5.41) is 13.0. The van der Waals surface area contributed by atoms with Crippen molar-refractivity contribution < 1.29 is 14.6 Å². The van der Waals surface area contributed by atoms with Crippen molar-refractivity contribution in [2.24, 2.45) is 0 Å². The molecule has 4 aromatic rings. The minimum atomic E-state index is -0.391. The molecule has 8 nitrogen and oxygen atoms in total. The summed E-state index contributed by atoms with van der Waals surface area (Å²) in [5.41, 5.74) is 0.831. The third-order valence-corrected chi connectivity index (χ3v) is 5.21. The molecule has 142 valence electrons. The molecule has 0 atom stereocenters. The fraction of sp³-hybridized carbons (Fsp3) is 0.158. The first-order valence-corrected chi connectivity index (χ1v) is 9.21. The number of hydrogen-bond donors (Lipinski definition) is 2. The zero-order valence-electron chi connectivity index (χ0n) is 15.1. The average molecular weight is 396 g/mol. The molecule has 0 aliphatic rings. The fourth-order valence-corrected chi connectivity index (χ4v) is 3.80. The Labute approximate surface area is 163 Å². The third-order valence-electron chi connectivity index (χ3n) is 4.27. The van der Waals surface area contributed by atoms with Gasteiger partial charge in [-0.2, -0.15) is 0 Å². The van der Waals surface area contributed by atoms with Gasteiger partial charge in [-0.25, -0.2) is 9.97 Å². The lowest BCUT2D eigenvalue weighted by Gasteiger charge is -2.10. The van der Waals surface area contributed by atoms with E-state index in [-0.39, 0.29) is 23.2 Å². The first-order chi connectivity index (χ1) is 13.4. The van der Waals surface area contributed by atoms with Crippen molar-refractivity contribution in [3.63, 3.8) is 0 Å². The molecule has 2 aromatic heterocycles. The number of ether oxygens (including phenoxy) is 1. The Morgan fingerprint density at radius 1 is 1.21 bits per heavy atom. The number of aromatic nitrogens is 3. The maximum atomic E-state index is 12.7. The molecule has 4 rings (SSSR count). The molecule has 0 bridgehead atoms. The minimum Gasteiger partial charge on any atom is -0.508 e. The highest BCUT2D eigenvalue weighted by Gasteiger charge is 2.14. The number of carbonyl (C=O) groups excluding carboxylic acids is 1.